The molecule has 2 rings (SSSR count). The van der Waals surface area contributed by atoms with E-state index in [1.54, 1.807) is 18.2 Å². The third kappa shape index (κ3) is 2.16. The van der Waals surface area contributed by atoms with Gasteiger partial charge in [-0.1, -0.05) is 18.2 Å². The number of non-ortho nitro benzene ring substituents is 1. The Morgan fingerprint density at radius 1 is 1.25 bits per heavy atom. The van der Waals surface area contributed by atoms with E-state index >= 15 is 0 Å². The van der Waals surface area contributed by atoms with Gasteiger partial charge < -0.3 is 0 Å². The molecule has 16 heavy (non-hydrogen) atoms. The van der Waals surface area contributed by atoms with Crippen molar-refractivity contribution in [3.05, 3.63) is 52.1 Å². The maximum atomic E-state index is 11.2. The van der Waals surface area contributed by atoms with Crippen molar-refractivity contribution in [3.63, 3.8) is 0 Å². The summed E-state index contributed by atoms with van der Waals surface area (Å²) in [6, 6.07) is 6.43. The molecule has 0 heterocycles. The second kappa shape index (κ2) is 4.26. The van der Waals surface area contributed by atoms with Crippen LogP contribution in [0.1, 0.15) is 24.3 Å². The van der Waals surface area contributed by atoms with E-state index in [0.717, 1.165) is 12.0 Å². The molecule has 0 amide bonds. The average Bonchev–Trinajstić information content (AvgIpc) is 2.29. The SMILES string of the molecule is O=C1C=CC[C@@H](c2ccc([N+](=O)[O-])cc2)C1. The van der Waals surface area contributed by atoms with Gasteiger partial charge in [0.1, 0.15) is 0 Å². The zero-order valence-electron chi connectivity index (χ0n) is 8.63. The third-order valence-corrected chi connectivity index (χ3v) is 2.75. The molecule has 0 N–H and O–H groups in total. The molecule has 1 aromatic rings. The van der Waals surface area contributed by atoms with Crippen LogP contribution in [0.3, 0.4) is 0 Å². The summed E-state index contributed by atoms with van der Waals surface area (Å²) in [5, 5.41) is 10.5. The van der Waals surface area contributed by atoms with Crippen LogP contribution in [0.25, 0.3) is 0 Å². The van der Waals surface area contributed by atoms with Gasteiger partial charge in [-0.3, -0.25) is 14.9 Å². The van der Waals surface area contributed by atoms with Crippen LogP contribution in [0.15, 0.2) is 36.4 Å². The average molecular weight is 217 g/mol. The lowest BCUT2D eigenvalue weighted by atomic mass is 9.87. The van der Waals surface area contributed by atoms with Gasteiger partial charge in [0.25, 0.3) is 5.69 Å². The minimum Gasteiger partial charge on any atom is -0.295 e. The number of allylic oxidation sites excluding steroid dienone is 2. The van der Waals surface area contributed by atoms with E-state index < -0.39 is 4.92 Å². The fourth-order valence-electron chi connectivity index (χ4n) is 1.88. The minimum atomic E-state index is -0.421. The second-order valence-corrected chi connectivity index (χ2v) is 3.85. The summed E-state index contributed by atoms with van der Waals surface area (Å²) < 4.78 is 0. The number of carbonyl (C=O) groups is 1. The first kappa shape index (κ1) is 10.5. The van der Waals surface area contributed by atoms with Gasteiger partial charge in [0.2, 0.25) is 0 Å². The van der Waals surface area contributed by atoms with Crippen molar-refractivity contribution in [3.8, 4) is 0 Å². The Kier molecular flexibility index (Phi) is 2.81. The maximum Gasteiger partial charge on any atom is 0.269 e. The fraction of sp³-hybridized carbons (Fsp3) is 0.250. The molecular weight excluding hydrogens is 206 g/mol. The van der Waals surface area contributed by atoms with Crippen LogP contribution in [-0.2, 0) is 4.79 Å². The number of nitro groups is 1. The van der Waals surface area contributed by atoms with Gasteiger partial charge in [0.15, 0.2) is 5.78 Å². The van der Waals surface area contributed by atoms with Crippen molar-refractivity contribution in [2.75, 3.05) is 0 Å². The summed E-state index contributed by atoms with van der Waals surface area (Å²) in [5.74, 6) is 0.285. The Labute approximate surface area is 92.7 Å². The van der Waals surface area contributed by atoms with E-state index in [9.17, 15) is 14.9 Å². The van der Waals surface area contributed by atoms with E-state index in [0.29, 0.717) is 6.42 Å². The molecule has 0 bridgehead atoms. The normalized spacial score (nSPS) is 19.8. The lowest BCUT2D eigenvalue weighted by molar-refractivity contribution is -0.384. The highest BCUT2D eigenvalue weighted by atomic mass is 16.6. The lowest BCUT2D eigenvalue weighted by Crippen LogP contribution is -2.08. The highest BCUT2D eigenvalue weighted by Crippen LogP contribution is 2.28. The molecule has 1 aliphatic rings. The zero-order valence-corrected chi connectivity index (χ0v) is 8.63. The van der Waals surface area contributed by atoms with E-state index in [4.69, 9.17) is 0 Å². The van der Waals surface area contributed by atoms with Crippen molar-refractivity contribution in [2.45, 2.75) is 18.8 Å². The van der Waals surface area contributed by atoms with E-state index in [2.05, 4.69) is 0 Å². The molecule has 0 spiro atoms. The minimum absolute atomic E-state index is 0.0847. The monoisotopic (exact) mass is 217 g/mol. The predicted octanol–water partition coefficient (Wildman–Crippen LogP) is 2.60. The summed E-state index contributed by atoms with van der Waals surface area (Å²) in [7, 11) is 0. The topological polar surface area (TPSA) is 60.2 Å². The number of ketones is 1. The lowest BCUT2D eigenvalue weighted by Gasteiger charge is -2.16. The molecule has 0 fully saturated rings. The zero-order chi connectivity index (χ0) is 11.5. The number of nitrogens with zero attached hydrogens (tertiary/aromatic N) is 1. The molecule has 0 unspecified atom stereocenters. The molecule has 0 aromatic heterocycles. The smallest absolute Gasteiger partial charge is 0.269 e. The van der Waals surface area contributed by atoms with Crippen molar-refractivity contribution < 1.29 is 9.72 Å². The molecule has 4 heteroatoms. The third-order valence-electron chi connectivity index (χ3n) is 2.75. The first-order valence-corrected chi connectivity index (χ1v) is 5.10. The number of rotatable bonds is 2. The van der Waals surface area contributed by atoms with Crippen LogP contribution in [0, 0.1) is 10.1 Å². The van der Waals surface area contributed by atoms with E-state index in [-0.39, 0.29) is 17.4 Å². The van der Waals surface area contributed by atoms with Gasteiger partial charge in [-0.2, -0.15) is 0 Å². The first-order chi connectivity index (χ1) is 7.66. The molecule has 1 atom stereocenters. The first-order valence-electron chi connectivity index (χ1n) is 5.10. The Bertz CT molecular complexity index is 448. The Balaban J connectivity index is 2.19. The fourth-order valence-corrected chi connectivity index (χ4v) is 1.88. The van der Waals surface area contributed by atoms with Gasteiger partial charge >= 0.3 is 0 Å². The summed E-state index contributed by atoms with van der Waals surface area (Å²) >= 11 is 0. The summed E-state index contributed by atoms with van der Waals surface area (Å²) in [6.45, 7) is 0. The highest BCUT2D eigenvalue weighted by molar-refractivity contribution is 5.91. The van der Waals surface area contributed by atoms with Gasteiger partial charge in [0, 0.05) is 18.6 Å². The predicted molar refractivity (Wildman–Crippen MR) is 59.2 cm³/mol. The van der Waals surface area contributed by atoms with Gasteiger partial charge in [0.05, 0.1) is 4.92 Å². The van der Waals surface area contributed by atoms with Gasteiger partial charge in [-0.25, -0.2) is 0 Å². The van der Waals surface area contributed by atoms with Crippen LogP contribution in [0.4, 0.5) is 5.69 Å². The van der Waals surface area contributed by atoms with Crippen LogP contribution < -0.4 is 0 Å². The largest absolute Gasteiger partial charge is 0.295 e. The quantitative estimate of drug-likeness (QED) is 0.565. The molecule has 1 aliphatic carbocycles. The number of carbonyl (C=O) groups excluding carboxylic acids is 1. The van der Waals surface area contributed by atoms with Crippen molar-refractivity contribution >= 4 is 11.5 Å². The highest BCUT2D eigenvalue weighted by Gasteiger charge is 2.17. The van der Waals surface area contributed by atoms with E-state index in [1.807, 2.05) is 6.08 Å². The molecular formula is C12H11NO3. The van der Waals surface area contributed by atoms with Crippen LogP contribution in [0.2, 0.25) is 0 Å². The standard InChI is InChI=1S/C12H11NO3/c14-12-3-1-2-10(8-12)9-4-6-11(7-5-9)13(15)16/h1,3-7,10H,2,8H2/t10-/m1/s1. The maximum absolute atomic E-state index is 11.2. The van der Waals surface area contributed by atoms with Gasteiger partial charge in [-0.05, 0) is 24.0 Å². The molecule has 4 nitrogen and oxygen atoms in total. The van der Waals surface area contributed by atoms with Crippen LogP contribution in [0.5, 0.6) is 0 Å². The van der Waals surface area contributed by atoms with Crippen LogP contribution >= 0.6 is 0 Å². The second-order valence-electron chi connectivity index (χ2n) is 3.85. The van der Waals surface area contributed by atoms with Gasteiger partial charge in [-0.15, -0.1) is 0 Å². The summed E-state index contributed by atoms with van der Waals surface area (Å²) in [5.41, 5.74) is 1.07. The molecule has 0 saturated heterocycles. The Morgan fingerprint density at radius 2 is 1.94 bits per heavy atom. The Hall–Kier alpha value is -1.97. The number of hydrogen-bond donors (Lipinski definition) is 0. The summed E-state index contributed by atoms with van der Waals surface area (Å²) in [4.78, 5) is 21.3. The number of nitro benzene ring substituents is 1. The van der Waals surface area contributed by atoms with Crippen molar-refractivity contribution in [1.29, 1.82) is 0 Å². The van der Waals surface area contributed by atoms with Crippen molar-refractivity contribution in [2.24, 2.45) is 0 Å². The number of hydrogen-bond acceptors (Lipinski definition) is 3. The van der Waals surface area contributed by atoms with Crippen molar-refractivity contribution in [1.82, 2.24) is 0 Å². The molecule has 0 aliphatic heterocycles. The molecule has 1 aromatic carbocycles. The molecule has 0 saturated carbocycles. The van der Waals surface area contributed by atoms with E-state index in [1.165, 1.54) is 12.1 Å². The van der Waals surface area contributed by atoms with Crippen LogP contribution in [-0.4, -0.2) is 10.7 Å². The summed E-state index contributed by atoms with van der Waals surface area (Å²) in [6.07, 6.45) is 4.78. The molecule has 82 valence electrons. The molecule has 0 radical (unpaired) electrons. The number of benzene rings is 1. The Morgan fingerprint density at radius 3 is 2.50 bits per heavy atom.